The summed E-state index contributed by atoms with van der Waals surface area (Å²) in [7, 11) is 0. The number of hydrogen-bond acceptors (Lipinski definition) is 2. The first kappa shape index (κ1) is 11.8. The fourth-order valence-electron chi connectivity index (χ4n) is 2.60. The summed E-state index contributed by atoms with van der Waals surface area (Å²) in [6.07, 6.45) is 5.73. The van der Waals surface area contributed by atoms with Crippen LogP contribution in [0.1, 0.15) is 17.0 Å². The SMILES string of the molecule is Clc1ccc(-c2cn3c4c(sc3n2)CCC4)cc1Cl. The van der Waals surface area contributed by atoms with E-state index in [0.29, 0.717) is 10.0 Å². The maximum Gasteiger partial charge on any atom is 0.194 e. The molecule has 2 heterocycles. The lowest BCUT2D eigenvalue weighted by atomic mass is 10.2. The molecule has 0 aliphatic heterocycles. The lowest BCUT2D eigenvalue weighted by Crippen LogP contribution is -1.85. The number of aryl methyl sites for hydroxylation is 2. The van der Waals surface area contributed by atoms with Gasteiger partial charge in [-0.25, -0.2) is 4.98 Å². The summed E-state index contributed by atoms with van der Waals surface area (Å²) in [5.41, 5.74) is 3.40. The number of fused-ring (bicyclic) bond motifs is 3. The number of benzene rings is 1. The molecule has 0 N–H and O–H groups in total. The minimum Gasteiger partial charge on any atom is -0.294 e. The second kappa shape index (κ2) is 4.23. The molecule has 1 aromatic carbocycles. The van der Waals surface area contributed by atoms with Crippen LogP contribution in [0, 0.1) is 0 Å². The first-order valence-corrected chi connectivity index (χ1v) is 7.75. The lowest BCUT2D eigenvalue weighted by molar-refractivity contribution is 0.888. The first-order chi connectivity index (χ1) is 9.22. The van der Waals surface area contributed by atoms with Crippen LogP contribution in [0.2, 0.25) is 10.0 Å². The van der Waals surface area contributed by atoms with Crippen molar-refractivity contribution in [2.45, 2.75) is 19.3 Å². The molecule has 0 atom stereocenters. The van der Waals surface area contributed by atoms with E-state index in [1.165, 1.54) is 23.4 Å². The number of halogens is 2. The van der Waals surface area contributed by atoms with Crippen molar-refractivity contribution in [3.05, 3.63) is 45.0 Å². The van der Waals surface area contributed by atoms with Crippen molar-refractivity contribution in [2.75, 3.05) is 0 Å². The van der Waals surface area contributed by atoms with Crippen molar-refractivity contribution >= 4 is 39.5 Å². The first-order valence-electron chi connectivity index (χ1n) is 6.17. The Kier molecular flexibility index (Phi) is 2.62. The standard InChI is InChI=1S/C14H10Cl2N2S/c15-9-5-4-8(6-10(9)16)11-7-18-12-2-1-3-13(12)19-14(18)17-11/h4-7H,1-3H2. The summed E-state index contributed by atoms with van der Waals surface area (Å²) in [5, 5.41) is 1.15. The molecule has 3 aromatic rings. The second-order valence-corrected chi connectivity index (χ2v) is 6.61. The fraction of sp³-hybridized carbons (Fsp3) is 0.214. The van der Waals surface area contributed by atoms with E-state index < -0.39 is 0 Å². The molecule has 1 aliphatic rings. The molecule has 0 saturated heterocycles. The van der Waals surface area contributed by atoms with E-state index in [4.69, 9.17) is 28.2 Å². The molecule has 5 heteroatoms. The quantitative estimate of drug-likeness (QED) is 0.627. The highest BCUT2D eigenvalue weighted by molar-refractivity contribution is 7.17. The molecular formula is C14H10Cl2N2S. The molecule has 4 rings (SSSR count). The third-order valence-corrected chi connectivity index (χ3v) is 5.43. The Morgan fingerprint density at radius 2 is 2.05 bits per heavy atom. The minimum atomic E-state index is 0.570. The second-order valence-electron chi connectivity index (χ2n) is 4.73. The van der Waals surface area contributed by atoms with Gasteiger partial charge >= 0.3 is 0 Å². The average molecular weight is 309 g/mol. The smallest absolute Gasteiger partial charge is 0.194 e. The van der Waals surface area contributed by atoms with Crippen LogP contribution in [-0.4, -0.2) is 9.38 Å². The van der Waals surface area contributed by atoms with Gasteiger partial charge in [-0.2, -0.15) is 0 Å². The Morgan fingerprint density at radius 1 is 1.16 bits per heavy atom. The van der Waals surface area contributed by atoms with Gasteiger partial charge in [0.25, 0.3) is 0 Å². The number of hydrogen-bond donors (Lipinski definition) is 0. The number of imidazole rings is 1. The largest absolute Gasteiger partial charge is 0.294 e. The van der Waals surface area contributed by atoms with Gasteiger partial charge in [-0.3, -0.25) is 4.40 Å². The molecule has 0 spiro atoms. The van der Waals surface area contributed by atoms with E-state index >= 15 is 0 Å². The summed E-state index contributed by atoms with van der Waals surface area (Å²) >= 11 is 13.8. The number of thiazole rings is 1. The summed E-state index contributed by atoms with van der Waals surface area (Å²) in [5.74, 6) is 0. The van der Waals surface area contributed by atoms with Gasteiger partial charge in [0, 0.05) is 22.3 Å². The van der Waals surface area contributed by atoms with E-state index in [1.54, 1.807) is 11.3 Å². The van der Waals surface area contributed by atoms with E-state index in [1.807, 2.05) is 18.2 Å². The van der Waals surface area contributed by atoms with Gasteiger partial charge in [-0.1, -0.05) is 29.3 Å². The van der Waals surface area contributed by atoms with Gasteiger partial charge in [0.2, 0.25) is 0 Å². The summed E-state index contributed by atoms with van der Waals surface area (Å²) in [6.45, 7) is 0. The summed E-state index contributed by atoms with van der Waals surface area (Å²) < 4.78 is 2.23. The molecule has 96 valence electrons. The monoisotopic (exact) mass is 308 g/mol. The highest BCUT2D eigenvalue weighted by atomic mass is 35.5. The molecule has 0 amide bonds. The van der Waals surface area contributed by atoms with Crippen LogP contribution in [0.25, 0.3) is 16.2 Å². The molecule has 2 nitrogen and oxygen atoms in total. The normalized spacial score (nSPS) is 14.2. The van der Waals surface area contributed by atoms with Crippen LogP contribution in [0.5, 0.6) is 0 Å². The van der Waals surface area contributed by atoms with E-state index in [2.05, 4.69) is 10.6 Å². The summed E-state index contributed by atoms with van der Waals surface area (Å²) in [6, 6.07) is 5.65. The van der Waals surface area contributed by atoms with Crippen LogP contribution in [0.3, 0.4) is 0 Å². The maximum atomic E-state index is 6.07. The summed E-state index contributed by atoms with van der Waals surface area (Å²) in [4.78, 5) is 7.26. The predicted molar refractivity (Wildman–Crippen MR) is 80.6 cm³/mol. The van der Waals surface area contributed by atoms with Gasteiger partial charge in [0.1, 0.15) is 0 Å². The molecule has 0 bridgehead atoms. The van der Waals surface area contributed by atoms with E-state index in [9.17, 15) is 0 Å². The van der Waals surface area contributed by atoms with Crippen LogP contribution in [0.4, 0.5) is 0 Å². The zero-order chi connectivity index (χ0) is 13.0. The van der Waals surface area contributed by atoms with Crippen molar-refractivity contribution in [3.8, 4) is 11.3 Å². The average Bonchev–Trinajstić information content (AvgIpc) is 3.03. The van der Waals surface area contributed by atoms with Crippen molar-refractivity contribution in [3.63, 3.8) is 0 Å². The molecule has 19 heavy (non-hydrogen) atoms. The lowest BCUT2D eigenvalue weighted by Gasteiger charge is -1.99. The highest BCUT2D eigenvalue weighted by Crippen LogP contribution is 2.34. The fourth-order valence-corrected chi connectivity index (χ4v) is 4.09. The van der Waals surface area contributed by atoms with E-state index in [0.717, 1.165) is 22.6 Å². The number of nitrogens with zero attached hydrogens (tertiary/aromatic N) is 2. The number of aromatic nitrogens is 2. The molecule has 2 aromatic heterocycles. The molecule has 0 fully saturated rings. The zero-order valence-electron chi connectivity index (χ0n) is 9.99. The van der Waals surface area contributed by atoms with Gasteiger partial charge in [0.05, 0.1) is 15.7 Å². The topological polar surface area (TPSA) is 17.3 Å². The van der Waals surface area contributed by atoms with Gasteiger partial charge in [-0.05, 0) is 31.4 Å². The predicted octanol–water partition coefficient (Wildman–Crippen LogP) is 4.86. The molecule has 0 radical (unpaired) electrons. The molecular weight excluding hydrogens is 299 g/mol. The maximum absolute atomic E-state index is 6.07. The van der Waals surface area contributed by atoms with Crippen LogP contribution < -0.4 is 0 Å². The number of rotatable bonds is 1. The zero-order valence-corrected chi connectivity index (χ0v) is 12.3. The van der Waals surface area contributed by atoms with Gasteiger partial charge < -0.3 is 0 Å². The Bertz CT molecular complexity index is 788. The Balaban J connectivity index is 1.87. The highest BCUT2D eigenvalue weighted by Gasteiger charge is 2.19. The van der Waals surface area contributed by atoms with E-state index in [-0.39, 0.29) is 0 Å². The third-order valence-electron chi connectivity index (χ3n) is 3.53. The third kappa shape index (κ3) is 1.80. The van der Waals surface area contributed by atoms with Crippen molar-refractivity contribution in [2.24, 2.45) is 0 Å². The molecule has 1 aliphatic carbocycles. The van der Waals surface area contributed by atoms with Crippen molar-refractivity contribution in [1.82, 2.24) is 9.38 Å². The minimum absolute atomic E-state index is 0.570. The Labute approximate surface area is 124 Å². The van der Waals surface area contributed by atoms with Gasteiger partial charge in [-0.15, -0.1) is 11.3 Å². The van der Waals surface area contributed by atoms with Crippen LogP contribution in [-0.2, 0) is 12.8 Å². The van der Waals surface area contributed by atoms with Crippen LogP contribution in [0.15, 0.2) is 24.4 Å². The van der Waals surface area contributed by atoms with Crippen molar-refractivity contribution in [1.29, 1.82) is 0 Å². The van der Waals surface area contributed by atoms with Crippen molar-refractivity contribution < 1.29 is 0 Å². The van der Waals surface area contributed by atoms with Gasteiger partial charge in [0.15, 0.2) is 4.96 Å². The Morgan fingerprint density at radius 3 is 2.89 bits per heavy atom. The van der Waals surface area contributed by atoms with Crippen LogP contribution >= 0.6 is 34.5 Å². The molecule has 0 unspecified atom stereocenters. The Hall–Kier alpha value is -1.03. The molecule has 0 saturated carbocycles.